The van der Waals surface area contributed by atoms with Crippen LogP contribution in [-0.4, -0.2) is 51.5 Å². The van der Waals surface area contributed by atoms with Crippen molar-refractivity contribution in [2.75, 3.05) is 38.2 Å². The zero-order valence-electron chi connectivity index (χ0n) is 15.2. The molecular formula is C18H22N2O5S2. The molecule has 1 fully saturated rings. The van der Waals surface area contributed by atoms with E-state index in [0.29, 0.717) is 48.4 Å². The van der Waals surface area contributed by atoms with Crippen molar-refractivity contribution < 1.29 is 22.7 Å². The molecular weight excluding hydrogens is 388 g/mol. The molecule has 1 aliphatic rings. The van der Waals surface area contributed by atoms with E-state index in [-0.39, 0.29) is 10.8 Å². The number of amides is 1. The second kappa shape index (κ2) is 8.39. The first kappa shape index (κ1) is 19.8. The number of nitrogens with one attached hydrogen (secondary N) is 1. The minimum Gasteiger partial charge on any atom is -0.494 e. The van der Waals surface area contributed by atoms with Gasteiger partial charge >= 0.3 is 0 Å². The minimum atomic E-state index is -3.62. The predicted octanol–water partition coefficient (Wildman–Crippen LogP) is 2.73. The van der Waals surface area contributed by atoms with Crippen LogP contribution >= 0.6 is 11.3 Å². The standard InChI is InChI=1S/C18H22N2O5S2/c1-3-25-15-6-4-14(5-7-15)19-18(21)16-12-17(13(2)26-16)27(22,23)20-8-10-24-11-9-20/h4-7,12H,3,8-11H2,1-2H3,(H,19,21). The quantitative estimate of drug-likeness (QED) is 0.792. The number of aryl methyl sites for hydroxylation is 1. The molecule has 2 aromatic rings. The Morgan fingerprint density at radius 1 is 1.26 bits per heavy atom. The van der Waals surface area contributed by atoms with Gasteiger partial charge in [-0.25, -0.2) is 8.42 Å². The molecule has 7 nitrogen and oxygen atoms in total. The zero-order valence-corrected chi connectivity index (χ0v) is 16.9. The number of hydrogen-bond acceptors (Lipinski definition) is 6. The van der Waals surface area contributed by atoms with Gasteiger partial charge in [-0.05, 0) is 44.2 Å². The summed E-state index contributed by atoms with van der Waals surface area (Å²) in [7, 11) is -3.62. The van der Waals surface area contributed by atoms with Crippen LogP contribution < -0.4 is 10.1 Å². The molecule has 3 rings (SSSR count). The van der Waals surface area contributed by atoms with E-state index in [1.165, 1.54) is 21.7 Å². The van der Waals surface area contributed by atoms with Gasteiger partial charge in [-0.15, -0.1) is 11.3 Å². The van der Waals surface area contributed by atoms with E-state index in [1.807, 2.05) is 6.92 Å². The molecule has 0 radical (unpaired) electrons. The van der Waals surface area contributed by atoms with Crippen molar-refractivity contribution in [3.05, 3.63) is 40.1 Å². The van der Waals surface area contributed by atoms with Gasteiger partial charge in [0.05, 0.1) is 29.6 Å². The number of nitrogens with zero attached hydrogens (tertiary/aromatic N) is 1. The van der Waals surface area contributed by atoms with Gasteiger partial charge < -0.3 is 14.8 Å². The summed E-state index contributed by atoms with van der Waals surface area (Å²) in [6.07, 6.45) is 0. The summed E-state index contributed by atoms with van der Waals surface area (Å²) < 4.78 is 37.7. The van der Waals surface area contributed by atoms with E-state index in [2.05, 4.69) is 5.32 Å². The highest BCUT2D eigenvalue weighted by Crippen LogP contribution is 2.29. The lowest BCUT2D eigenvalue weighted by Crippen LogP contribution is -2.40. The zero-order chi connectivity index (χ0) is 19.4. The summed E-state index contributed by atoms with van der Waals surface area (Å²) in [4.78, 5) is 13.7. The summed E-state index contributed by atoms with van der Waals surface area (Å²) >= 11 is 1.17. The van der Waals surface area contributed by atoms with Gasteiger partial charge in [0, 0.05) is 23.7 Å². The lowest BCUT2D eigenvalue weighted by molar-refractivity contribution is 0.0730. The average Bonchev–Trinajstić information content (AvgIpc) is 3.07. The Kier molecular flexibility index (Phi) is 6.15. The number of hydrogen-bond donors (Lipinski definition) is 1. The molecule has 1 aromatic heterocycles. The summed E-state index contributed by atoms with van der Waals surface area (Å²) in [6, 6.07) is 8.48. The van der Waals surface area contributed by atoms with Crippen LogP contribution in [0.2, 0.25) is 0 Å². The summed E-state index contributed by atoms with van der Waals surface area (Å²) in [5.41, 5.74) is 0.618. The van der Waals surface area contributed by atoms with Crippen molar-refractivity contribution in [1.29, 1.82) is 0 Å². The molecule has 0 aliphatic carbocycles. The van der Waals surface area contributed by atoms with Crippen molar-refractivity contribution in [2.45, 2.75) is 18.7 Å². The topological polar surface area (TPSA) is 84.9 Å². The maximum atomic E-state index is 12.8. The third-order valence-electron chi connectivity index (χ3n) is 4.11. The maximum absolute atomic E-state index is 12.8. The maximum Gasteiger partial charge on any atom is 0.265 e. The van der Waals surface area contributed by atoms with E-state index < -0.39 is 10.0 Å². The van der Waals surface area contributed by atoms with Crippen LogP contribution in [0.5, 0.6) is 5.75 Å². The fourth-order valence-electron chi connectivity index (χ4n) is 2.75. The molecule has 1 aliphatic heterocycles. The van der Waals surface area contributed by atoms with E-state index in [0.717, 1.165) is 5.75 Å². The Labute approximate surface area is 163 Å². The van der Waals surface area contributed by atoms with Crippen LogP contribution in [-0.2, 0) is 14.8 Å². The fourth-order valence-corrected chi connectivity index (χ4v) is 5.62. The predicted molar refractivity (Wildman–Crippen MR) is 104 cm³/mol. The third-order valence-corrected chi connectivity index (χ3v) is 7.31. The van der Waals surface area contributed by atoms with Crippen LogP contribution in [0, 0.1) is 6.92 Å². The number of anilines is 1. The highest BCUT2D eigenvalue weighted by atomic mass is 32.2. The van der Waals surface area contributed by atoms with Crippen LogP contribution in [0.25, 0.3) is 0 Å². The van der Waals surface area contributed by atoms with Crippen LogP contribution in [0.4, 0.5) is 5.69 Å². The highest BCUT2D eigenvalue weighted by Gasteiger charge is 2.30. The lowest BCUT2D eigenvalue weighted by Gasteiger charge is -2.25. The Hall–Kier alpha value is -1.94. The van der Waals surface area contributed by atoms with E-state index in [1.54, 1.807) is 31.2 Å². The Balaban J connectivity index is 1.76. The first-order valence-corrected chi connectivity index (χ1v) is 10.9. The van der Waals surface area contributed by atoms with Crippen molar-refractivity contribution in [2.24, 2.45) is 0 Å². The monoisotopic (exact) mass is 410 g/mol. The molecule has 0 bridgehead atoms. The number of thiophene rings is 1. The normalized spacial score (nSPS) is 15.5. The molecule has 27 heavy (non-hydrogen) atoms. The van der Waals surface area contributed by atoms with Crippen molar-refractivity contribution >= 4 is 33.0 Å². The Morgan fingerprint density at radius 3 is 2.56 bits per heavy atom. The molecule has 0 saturated carbocycles. The molecule has 0 atom stereocenters. The van der Waals surface area contributed by atoms with Crippen molar-refractivity contribution in [3.8, 4) is 5.75 Å². The van der Waals surface area contributed by atoms with Gasteiger partial charge in [-0.3, -0.25) is 4.79 Å². The largest absolute Gasteiger partial charge is 0.494 e. The van der Waals surface area contributed by atoms with Gasteiger partial charge in [0.2, 0.25) is 10.0 Å². The fraction of sp³-hybridized carbons (Fsp3) is 0.389. The lowest BCUT2D eigenvalue weighted by atomic mass is 10.3. The summed E-state index contributed by atoms with van der Waals surface area (Å²) in [5.74, 6) is 0.386. The second-order valence-corrected chi connectivity index (χ2v) is 9.12. The number of morpholine rings is 1. The first-order valence-electron chi connectivity index (χ1n) is 8.64. The first-order chi connectivity index (χ1) is 12.9. The number of carbonyl (C=O) groups excluding carboxylic acids is 1. The number of ether oxygens (including phenoxy) is 2. The van der Waals surface area contributed by atoms with Gasteiger partial charge in [0.25, 0.3) is 5.91 Å². The smallest absolute Gasteiger partial charge is 0.265 e. The SMILES string of the molecule is CCOc1ccc(NC(=O)c2cc(S(=O)(=O)N3CCOCC3)c(C)s2)cc1. The van der Waals surface area contributed by atoms with E-state index in [9.17, 15) is 13.2 Å². The summed E-state index contributed by atoms with van der Waals surface area (Å²) in [5, 5.41) is 2.79. The molecule has 0 spiro atoms. The average molecular weight is 411 g/mol. The second-order valence-electron chi connectivity index (χ2n) is 5.96. The highest BCUT2D eigenvalue weighted by molar-refractivity contribution is 7.89. The minimum absolute atomic E-state index is 0.186. The Morgan fingerprint density at radius 2 is 1.93 bits per heavy atom. The van der Waals surface area contributed by atoms with Crippen LogP contribution in [0.15, 0.2) is 35.2 Å². The molecule has 1 aromatic carbocycles. The number of rotatable bonds is 6. The molecule has 1 saturated heterocycles. The third kappa shape index (κ3) is 4.49. The molecule has 1 N–H and O–H groups in total. The van der Waals surface area contributed by atoms with Gasteiger partial charge in [0.15, 0.2) is 0 Å². The number of benzene rings is 1. The molecule has 1 amide bonds. The van der Waals surface area contributed by atoms with Gasteiger partial charge in [-0.2, -0.15) is 4.31 Å². The number of sulfonamides is 1. The van der Waals surface area contributed by atoms with E-state index >= 15 is 0 Å². The van der Waals surface area contributed by atoms with E-state index in [4.69, 9.17) is 9.47 Å². The van der Waals surface area contributed by atoms with Crippen LogP contribution in [0.3, 0.4) is 0 Å². The van der Waals surface area contributed by atoms with Gasteiger partial charge in [0.1, 0.15) is 5.75 Å². The number of carbonyl (C=O) groups is 1. The van der Waals surface area contributed by atoms with Crippen molar-refractivity contribution in [3.63, 3.8) is 0 Å². The van der Waals surface area contributed by atoms with Gasteiger partial charge in [-0.1, -0.05) is 0 Å². The van der Waals surface area contributed by atoms with Crippen molar-refractivity contribution in [1.82, 2.24) is 4.31 Å². The summed E-state index contributed by atoms with van der Waals surface area (Å²) in [6.45, 7) is 5.60. The van der Waals surface area contributed by atoms with Crippen LogP contribution in [0.1, 0.15) is 21.5 Å². The Bertz CT molecular complexity index is 900. The molecule has 146 valence electrons. The molecule has 9 heteroatoms. The molecule has 2 heterocycles. The molecule has 0 unspecified atom stereocenters.